The normalized spacial score (nSPS) is 31.8. The molecule has 0 radical (unpaired) electrons. The minimum atomic E-state index is -0.190. The Morgan fingerprint density at radius 3 is 2.26 bits per heavy atom. The molecule has 1 unspecified atom stereocenters. The molecule has 3 aliphatic heterocycles. The summed E-state index contributed by atoms with van der Waals surface area (Å²) in [6.07, 6.45) is 13.4. The van der Waals surface area contributed by atoms with Crippen molar-refractivity contribution in [3.63, 3.8) is 0 Å². The van der Waals surface area contributed by atoms with E-state index in [1.807, 2.05) is 0 Å². The molecule has 5 heteroatoms. The molecule has 5 nitrogen and oxygen atoms in total. The summed E-state index contributed by atoms with van der Waals surface area (Å²) in [5, 5.41) is 3.55. The molecule has 4 fully saturated rings. The largest absolute Gasteiger partial charge is 0.350 e. The van der Waals surface area contributed by atoms with E-state index in [0.29, 0.717) is 11.9 Å². The predicted molar refractivity (Wildman–Crippen MR) is 110 cm³/mol. The second-order valence-electron chi connectivity index (χ2n) is 9.63. The fourth-order valence-corrected chi connectivity index (χ4v) is 6.10. The molecule has 27 heavy (non-hydrogen) atoms. The molecule has 0 aromatic heterocycles. The Kier molecular flexibility index (Phi) is 6.40. The van der Waals surface area contributed by atoms with Crippen molar-refractivity contribution >= 4 is 5.91 Å². The second-order valence-corrected chi connectivity index (χ2v) is 9.63. The van der Waals surface area contributed by atoms with Gasteiger partial charge in [-0.2, -0.15) is 0 Å². The lowest BCUT2D eigenvalue weighted by Gasteiger charge is -2.46. The van der Waals surface area contributed by atoms with Gasteiger partial charge in [-0.1, -0.05) is 19.3 Å². The van der Waals surface area contributed by atoms with Crippen LogP contribution < -0.4 is 5.32 Å². The van der Waals surface area contributed by atoms with Gasteiger partial charge in [0.25, 0.3) is 0 Å². The average molecular weight is 377 g/mol. The second kappa shape index (κ2) is 8.79. The van der Waals surface area contributed by atoms with Crippen LogP contribution in [-0.4, -0.2) is 84.5 Å². The number of likely N-dealkylation sites (tertiary alicyclic amines) is 3. The third-order valence-electron chi connectivity index (χ3n) is 7.81. The Bertz CT molecular complexity index is 491. The van der Waals surface area contributed by atoms with Gasteiger partial charge in [0, 0.05) is 18.6 Å². The molecule has 1 saturated carbocycles. The van der Waals surface area contributed by atoms with Crippen LogP contribution in [0.5, 0.6) is 0 Å². The van der Waals surface area contributed by atoms with Crippen LogP contribution >= 0.6 is 0 Å². The number of piperidine rings is 2. The van der Waals surface area contributed by atoms with Gasteiger partial charge in [0.2, 0.25) is 5.91 Å². The van der Waals surface area contributed by atoms with Gasteiger partial charge in [-0.15, -0.1) is 0 Å². The molecular formula is C22H40N4O. The van der Waals surface area contributed by atoms with Gasteiger partial charge in [-0.25, -0.2) is 0 Å². The van der Waals surface area contributed by atoms with Crippen molar-refractivity contribution in [1.82, 2.24) is 20.0 Å². The van der Waals surface area contributed by atoms with Gasteiger partial charge in [-0.05, 0) is 91.1 Å². The molecular weight excluding hydrogens is 336 g/mol. The Labute approximate surface area is 165 Å². The molecule has 1 N–H and O–H groups in total. The minimum absolute atomic E-state index is 0.190. The van der Waals surface area contributed by atoms with Crippen LogP contribution in [0.25, 0.3) is 0 Å². The van der Waals surface area contributed by atoms with Gasteiger partial charge in [0.1, 0.15) is 5.54 Å². The summed E-state index contributed by atoms with van der Waals surface area (Å²) in [5.41, 5.74) is -0.190. The molecule has 1 aliphatic carbocycles. The summed E-state index contributed by atoms with van der Waals surface area (Å²) in [6.45, 7) is 6.97. The molecule has 1 atom stereocenters. The molecule has 3 heterocycles. The number of hydrogen-bond donors (Lipinski definition) is 1. The highest BCUT2D eigenvalue weighted by atomic mass is 16.2. The van der Waals surface area contributed by atoms with E-state index in [-0.39, 0.29) is 5.54 Å². The average Bonchev–Trinajstić information content (AvgIpc) is 3.25. The first-order valence-electron chi connectivity index (χ1n) is 11.7. The van der Waals surface area contributed by atoms with E-state index in [1.165, 1.54) is 71.0 Å². The summed E-state index contributed by atoms with van der Waals surface area (Å²) in [6, 6.07) is 1.08. The number of carbonyl (C=O) groups is 1. The van der Waals surface area contributed by atoms with E-state index in [4.69, 9.17) is 0 Å². The lowest BCUT2D eigenvalue weighted by molar-refractivity contribution is -0.136. The van der Waals surface area contributed by atoms with Crippen molar-refractivity contribution in [1.29, 1.82) is 0 Å². The van der Waals surface area contributed by atoms with E-state index in [2.05, 4.69) is 27.1 Å². The maximum absolute atomic E-state index is 13.5. The first-order chi connectivity index (χ1) is 13.2. The van der Waals surface area contributed by atoms with Crippen LogP contribution in [0.4, 0.5) is 0 Å². The van der Waals surface area contributed by atoms with Crippen molar-refractivity contribution in [2.24, 2.45) is 0 Å². The number of carbonyl (C=O) groups excluding carboxylic acids is 1. The van der Waals surface area contributed by atoms with Crippen LogP contribution in [0, 0.1) is 0 Å². The molecule has 0 spiro atoms. The van der Waals surface area contributed by atoms with Gasteiger partial charge < -0.3 is 10.2 Å². The van der Waals surface area contributed by atoms with Gasteiger partial charge >= 0.3 is 0 Å². The Hall–Kier alpha value is -0.650. The van der Waals surface area contributed by atoms with Crippen molar-refractivity contribution in [2.75, 3.05) is 46.3 Å². The van der Waals surface area contributed by atoms with Crippen LogP contribution in [-0.2, 0) is 4.79 Å². The summed E-state index contributed by atoms with van der Waals surface area (Å²) in [5.74, 6) is 0.360. The van der Waals surface area contributed by atoms with Crippen LogP contribution in [0.1, 0.15) is 70.6 Å². The van der Waals surface area contributed by atoms with Crippen LogP contribution in [0.15, 0.2) is 0 Å². The zero-order chi connectivity index (χ0) is 18.7. The summed E-state index contributed by atoms with van der Waals surface area (Å²) < 4.78 is 0. The zero-order valence-corrected chi connectivity index (χ0v) is 17.4. The summed E-state index contributed by atoms with van der Waals surface area (Å²) >= 11 is 0. The molecule has 4 rings (SSSR count). The molecule has 154 valence electrons. The van der Waals surface area contributed by atoms with Crippen molar-refractivity contribution in [2.45, 2.75) is 88.3 Å². The molecule has 0 bridgehead atoms. The van der Waals surface area contributed by atoms with Crippen molar-refractivity contribution in [3.05, 3.63) is 0 Å². The summed E-state index contributed by atoms with van der Waals surface area (Å²) in [4.78, 5) is 21.2. The van der Waals surface area contributed by atoms with E-state index in [0.717, 1.165) is 44.9 Å². The Balaban J connectivity index is 1.37. The molecule has 0 aromatic carbocycles. The molecule has 1 amide bonds. The van der Waals surface area contributed by atoms with Crippen LogP contribution in [0.3, 0.4) is 0 Å². The first kappa shape index (κ1) is 19.7. The van der Waals surface area contributed by atoms with Crippen LogP contribution in [0.2, 0.25) is 0 Å². The van der Waals surface area contributed by atoms with E-state index < -0.39 is 0 Å². The highest BCUT2D eigenvalue weighted by Gasteiger charge is 2.46. The monoisotopic (exact) mass is 376 g/mol. The van der Waals surface area contributed by atoms with Gasteiger partial charge in [0.05, 0.1) is 0 Å². The number of nitrogens with zero attached hydrogens (tertiary/aromatic N) is 3. The van der Waals surface area contributed by atoms with E-state index in [9.17, 15) is 4.79 Å². The van der Waals surface area contributed by atoms with E-state index >= 15 is 0 Å². The minimum Gasteiger partial charge on any atom is -0.350 e. The summed E-state index contributed by atoms with van der Waals surface area (Å²) in [7, 11) is 2.23. The number of hydrogen-bond acceptors (Lipinski definition) is 4. The zero-order valence-electron chi connectivity index (χ0n) is 17.4. The predicted octanol–water partition coefficient (Wildman–Crippen LogP) is 2.46. The quantitative estimate of drug-likeness (QED) is 0.818. The van der Waals surface area contributed by atoms with Gasteiger partial charge in [-0.3, -0.25) is 14.6 Å². The number of nitrogens with one attached hydrogen (secondary N) is 1. The van der Waals surface area contributed by atoms with Gasteiger partial charge in [0.15, 0.2) is 0 Å². The lowest BCUT2D eigenvalue weighted by Crippen LogP contribution is -2.62. The van der Waals surface area contributed by atoms with Crippen molar-refractivity contribution in [3.8, 4) is 0 Å². The Morgan fingerprint density at radius 1 is 0.852 bits per heavy atom. The smallest absolute Gasteiger partial charge is 0.240 e. The maximum Gasteiger partial charge on any atom is 0.240 e. The number of rotatable bonds is 4. The topological polar surface area (TPSA) is 38.8 Å². The third-order valence-corrected chi connectivity index (χ3v) is 7.81. The molecule has 3 saturated heterocycles. The highest BCUT2D eigenvalue weighted by Crippen LogP contribution is 2.36. The number of amides is 1. The standard InChI is InChI=1S/C22H40N4O/c1-24-16-9-20(10-17-24)25-13-7-8-19(18-25)23-21(27)22(11-3-2-4-12-22)26-14-5-6-15-26/h19-20H,2-18H2,1H3,(H,23,27). The fourth-order valence-electron chi connectivity index (χ4n) is 6.10. The highest BCUT2D eigenvalue weighted by molar-refractivity contribution is 5.86. The van der Waals surface area contributed by atoms with Crippen molar-refractivity contribution < 1.29 is 4.79 Å². The lowest BCUT2D eigenvalue weighted by atomic mass is 9.79. The molecule has 4 aliphatic rings. The Morgan fingerprint density at radius 2 is 1.56 bits per heavy atom. The third kappa shape index (κ3) is 4.35. The van der Waals surface area contributed by atoms with E-state index in [1.54, 1.807) is 0 Å². The maximum atomic E-state index is 13.5. The fraction of sp³-hybridized carbons (Fsp3) is 0.955. The first-order valence-corrected chi connectivity index (χ1v) is 11.7. The SMILES string of the molecule is CN1CCC(N2CCCC(NC(=O)C3(N4CCCC4)CCCCC3)C2)CC1. The molecule has 0 aromatic rings.